The molecule has 0 saturated carbocycles. The van der Waals surface area contributed by atoms with E-state index in [4.69, 9.17) is 13.6 Å². The van der Waals surface area contributed by atoms with E-state index in [0.717, 1.165) is 5.56 Å². The fraction of sp³-hybridized carbons (Fsp3) is 0.300. The van der Waals surface area contributed by atoms with Crippen molar-refractivity contribution in [1.82, 2.24) is 9.29 Å². The molecular weight excluding hydrogens is 408 g/mol. The number of hydrogen-bond donors (Lipinski definition) is 1. The second kappa shape index (κ2) is 8.31. The number of nitrogens with one attached hydrogen (secondary N) is 1. The number of nitrogens with zero attached hydrogens (tertiary/aromatic N) is 3. The van der Waals surface area contributed by atoms with Crippen molar-refractivity contribution in [3.8, 4) is 17.7 Å². The summed E-state index contributed by atoms with van der Waals surface area (Å²) < 4.78 is 43.8. The minimum absolute atomic E-state index is 0.0358. The van der Waals surface area contributed by atoms with Crippen LogP contribution in [-0.4, -0.2) is 44.0 Å². The van der Waals surface area contributed by atoms with Crippen molar-refractivity contribution in [1.29, 1.82) is 5.26 Å². The summed E-state index contributed by atoms with van der Waals surface area (Å²) in [6.07, 6.45) is 0. The summed E-state index contributed by atoms with van der Waals surface area (Å²) in [5.74, 6) is 0.604. The lowest BCUT2D eigenvalue weighted by Crippen LogP contribution is -2.40. The number of anilines is 1. The van der Waals surface area contributed by atoms with Gasteiger partial charge in [0.25, 0.3) is 5.89 Å². The molecule has 10 heteroatoms. The summed E-state index contributed by atoms with van der Waals surface area (Å²) in [4.78, 5) is 4.20. The molecule has 156 valence electrons. The first-order valence-corrected chi connectivity index (χ1v) is 10.8. The quantitative estimate of drug-likeness (QED) is 0.636. The van der Waals surface area contributed by atoms with Crippen molar-refractivity contribution in [2.24, 2.45) is 0 Å². The van der Waals surface area contributed by atoms with E-state index in [0.29, 0.717) is 19.8 Å². The lowest BCUT2D eigenvalue weighted by Gasteiger charge is -2.25. The van der Waals surface area contributed by atoms with E-state index in [2.05, 4.69) is 10.3 Å². The first-order valence-electron chi connectivity index (χ1n) is 9.36. The van der Waals surface area contributed by atoms with Crippen LogP contribution in [0.2, 0.25) is 0 Å². The van der Waals surface area contributed by atoms with Gasteiger partial charge < -0.3 is 18.9 Å². The zero-order valence-corrected chi connectivity index (χ0v) is 17.1. The molecule has 1 saturated heterocycles. The van der Waals surface area contributed by atoms with E-state index in [1.54, 1.807) is 6.92 Å². The number of furan rings is 1. The van der Waals surface area contributed by atoms with Crippen molar-refractivity contribution >= 4 is 15.9 Å². The first kappa shape index (κ1) is 20.2. The third-order valence-corrected chi connectivity index (χ3v) is 6.71. The molecule has 1 N–H and O–H groups in total. The van der Waals surface area contributed by atoms with Crippen molar-refractivity contribution in [3.05, 3.63) is 53.4 Å². The second-order valence-electron chi connectivity index (χ2n) is 6.70. The molecule has 1 aromatic carbocycles. The van der Waals surface area contributed by atoms with Crippen molar-refractivity contribution in [2.45, 2.75) is 18.4 Å². The summed E-state index contributed by atoms with van der Waals surface area (Å²) in [6, 6.07) is 13.0. The topological polar surface area (TPSA) is 122 Å². The molecule has 3 aromatic rings. The number of sulfonamides is 1. The maximum absolute atomic E-state index is 12.9. The fourth-order valence-corrected chi connectivity index (χ4v) is 4.72. The van der Waals surface area contributed by atoms with Crippen LogP contribution >= 0.6 is 0 Å². The Morgan fingerprint density at radius 2 is 1.93 bits per heavy atom. The summed E-state index contributed by atoms with van der Waals surface area (Å²) in [5, 5.41) is 12.4. The van der Waals surface area contributed by atoms with Crippen LogP contribution in [0.1, 0.15) is 17.0 Å². The van der Waals surface area contributed by atoms with Crippen LogP contribution < -0.4 is 5.32 Å². The van der Waals surface area contributed by atoms with Crippen molar-refractivity contribution in [3.63, 3.8) is 0 Å². The van der Waals surface area contributed by atoms with E-state index in [9.17, 15) is 13.7 Å². The Bertz CT molecular complexity index is 1170. The zero-order chi connectivity index (χ0) is 21.1. The SMILES string of the molecule is Cc1oc(-c2nc(C#N)c(NCc3ccccc3)o2)cc1S(=O)(=O)N1CCOCC1. The predicted octanol–water partition coefficient (Wildman–Crippen LogP) is 2.75. The Morgan fingerprint density at radius 3 is 2.63 bits per heavy atom. The highest BCUT2D eigenvalue weighted by Gasteiger charge is 2.31. The van der Waals surface area contributed by atoms with Gasteiger partial charge in [0.05, 0.1) is 13.2 Å². The van der Waals surface area contributed by atoms with Gasteiger partial charge in [-0.25, -0.2) is 8.42 Å². The number of hydrogen-bond acceptors (Lipinski definition) is 8. The van der Waals surface area contributed by atoms with Crippen molar-refractivity contribution < 1.29 is 22.0 Å². The Labute approximate surface area is 173 Å². The molecule has 9 nitrogen and oxygen atoms in total. The lowest BCUT2D eigenvalue weighted by molar-refractivity contribution is 0.0730. The molecule has 0 spiro atoms. The minimum Gasteiger partial charge on any atom is -0.455 e. The lowest BCUT2D eigenvalue weighted by atomic mass is 10.2. The first-order chi connectivity index (χ1) is 14.5. The van der Waals surface area contributed by atoms with Crippen LogP contribution in [0.3, 0.4) is 0 Å². The molecule has 0 amide bonds. The van der Waals surface area contributed by atoms with Crippen LogP contribution in [0.25, 0.3) is 11.7 Å². The standard InChI is InChI=1S/C20H20N4O5S/c1-14-18(30(25,26)24-7-9-27-10-8-24)11-17(28-14)20-23-16(12-21)19(29-20)22-13-15-5-3-2-4-6-15/h2-6,11,22H,7-10,13H2,1H3. The molecular formula is C20H20N4O5S. The molecule has 0 unspecified atom stereocenters. The average molecular weight is 428 g/mol. The van der Waals surface area contributed by atoms with E-state index in [1.165, 1.54) is 10.4 Å². The smallest absolute Gasteiger partial charge is 0.266 e. The predicted molar refractivity (Wildman–Crippen MR) is 107 cm³/mol. The average Bonchev–Trinajstić information content (AvgIpc) is 3.37. The highest BCUT2D eigenvalue weighted by atomic mass is 32.2. The van der Waals surface area contributed by atoms with Gasteiger partial charge >= 0.3 is 0 Å². The molecule has 0 radical (unpaired) electrons. The second-order valence-corrected chi connectivity index (χ2v) is 8.60. The number of aryl methyl sites for hydroxylation is 1. The van der Waals surface area contributed by atoms with E-state index in [1.807, 2.05) is 36.4 Å². The van der Waals surface area contributed by atoms with E-state index >= 15 is 0 Å². The third-order valence-electron chi connectivity index (χ3n) is 4.70. The van der Waals surface area contributed by atoms with Gasteiger partial charge in [-0.1, -0.05) is 30.3 Å². The highest BCUT2D eigenvalue weighted by molar-refractivity contribution is 7.89. The number of rotatable bonds is 6. The normalized spacial score (nSPS) is 15.1. The summed E-state index contributed by atoms with van der Waals surface area (Å²) in [5.41, 5.74) is 1.07. The van der Waals surface area contributed by atoms with Crippen LogP contribution in [0, 0.1) is 18.3 Å². The molecule has 1 aliphatic rings. The number of ether oxygens (including phenoxy) is 1. The molecule has 3 heterocycles. The molecule has 0 atom stereocenters. The largest absolute Gasteiger partial charge is 0.455 e. The number of oxazole rings is 1. The summed E-state index contributed by atoms with van der Waals surface area (Å²) >= 11 is 0. The maximum atomic E-state index is 12.9. The molecule has 4 rings (SSSR count). The fourth-order valence-electron chi connectivity index (χ4n) is 3.15. The summed E-state index contributed by atoms with van der Waals surface area (Å²) in [6.45, 7) is 3.29. The number of aromatic nitrogens is 1. The Hall–Kier alpha value is -3.13. The minimum atomic E-state index is -3.73. The molecule has 0 aliphatic carbocycles. The van der Waals surface area contributed by atoms with Crippen LogP contribution in [0.15, 0.2) is 50.1 Å². The zero-order valence-electron chi connectivity index (χ0n) is 16.3. The number of benzene rings is 1. The Morgan fingerprint density at radius 1 is 1.20 bits per heavy atom. The Balaban J connectivity index is 1.60. The van der Waals surface area contributed by atoms with Crippen LogP contribution in [0.4, 0.5) is 5.88 Å². The van der Waals surface area contributed by atoms with Gasteiger partial charge in [-0.05, 0) is 12.5 Å². The molecule has 1 aliphatic heterocycles. The molecule has 0 bridgehead atoms. The maximum Gasteiger partial charge on any atom is 0.266 e. The van der Waals surface area contributed by atoms with Crippen LogP contribution in [-0.2, 0) is 21.3 Å². The van der Waals surface area contributed by atoms with Crippen molar-refractivity contribution in [2.75, 3.05) is 31.6 Å². The van der Waals surface area contributed by atoms with Crippen LogP contribution in [0.5, 0.6) is 0 Å². The number of nitriles is 1. The van der Waals surface area contributed by atoms with Gasteiger partial charge in [0, 0.05) is 25.7 Å². The molecule has 2 aromatic heterocycles. The van der Waals surface area contributed by atoms with Gasteiger partial charge in [0.15, 0.2) is 5.76 Å². The number of morpholine rings is 1. The Kier molecular flexibility index (Phi) is 5.59. The highest BCUT2D eigenvalue weighted by Crippen LogP contribution is 2.32. The third kappa shape index (κ3) is 3.95. The molecule has 30 heavy (non-hydrogen) atoms. The van der Waals surface area contributed by atoms with E-state index < -0.39 is 10.0 Å². The monoisotopic (exact) mass is 428 g/mol. The molecule has 1 fully saturated rings. The summed E-state index contributed by atoms with van der Waals surface area (Å²) in [7, 11) is -3.73. The van der Waals surface area contributed by atoms with E-state index in [-0.39, 0.29) is 47.0 Å². The van der Waals surface area contributed by atoms with Gasteiger partial charge in [-0.2, -0.15) is 14.6 Å². The van der Waals surface area contributed by atoms with Gasteiger partial charge in [0.1, 0.15) is 16.7 Å². The van der Waals surface area contributed by atoms with Gasteiger partial charge in [-0.3, -0.25) is 0 Å². The van der Waals surface area contributed by atoms with Gasteiger partial charge in [0.2, 0.25) is 21.6 Å². The van der Waals surface area contributed by atoms with Gasteiger partial charge in [-0.15, -0.1) is 0 Å².